The van der Waals surface area contributed by atoms with Gasteiger partial charge in [-0.15, -0.1) is 0 Å². The number of hydrogen-bond donors (Lipinski definition) is 0. The SMILES string of the molecule is C[Si]O[Si](COC(C)=O)(O[Si]C)O[Si]C. The van der Waals surface area contributed by atoms with Gasteiger partial charge in [0.2, 0.25) is 29.3 Å². The van der Waals surface area contributed by atoms with Gasteiger partial charge in [-0.1, -0.05) is 0 Å². The lowest BCUT2D eigenvalue weighted by molar-refractivity contribution is -0.140. The highest BCUT2D eigenvalue weighted by Gasteiger charge is 2.41. The number of carbonyl (C=O) groups excluding carboxylic acids is 1. The van der Waals surface area contributed by atoms with Crippen LogP contribution in [0.2, 0.25) is 19.6 Å². The first-order chi connectivity index (χ1) is 7.10. The van der Waals surface area contributed by atoms with Crippen molar-refractivity contribution < 1.29 is 21.9 Å². The summed E-state index contributed by atoms with van der Waals surface area (Å²) in [6, 6.07) is 0. The maximum Gasteiger partial charge on any atom is 0.508 e. The van der Waals surface area contributed by atoms with E-state index in [0.29, 0.717) is 0 Å². The fraction of sp³-hybridized carbons (Fsp3) is 0.833. The number of hydrogen-bond acceptors (Lipinski definition) is 5. The molecule has 0 aromatic carbocycles. The maximum atomic E-state index is 10.7. The predicted molar refractivity (Wildman–Crippen MR) is 60.5 cm³/mol. The van der Waals surface area contributed by atoms with Gasteiger partial charge in [0.05, 0.1) is 0 Å². The Morgan fingerprint density at radius 2 is 1.47 bits per heavy atom. The van der Waals surface area contributed by atoms with E-state index >= 15 is 0 Å². The Labute approximate surface area is 99.0 Å². The van der Waals surface area contributed by atoms with Crippen molar-refractivity contribution in [1.82, 2.24) is 0 Å². The zero-order chi connectivity index (χ0) is 11.7. The first-order valence-corrected chi connectivity index (χ1v) is 10.4. The van der Waals surface area contributed by atoms with Gasteiger partial charge >= 0.3 is 14.8 Å². The van der Waals surface area contributed by atoms with Crippen molar-refractivity contribution in [2.75, 3.05) is 6.23 Å². The van der Waals surface area contributed by atoms with Gasteiger partial charge in [0.15, 0.2) is 6.23 Å². The maximum absolute atomic E-state index is 10.7. The third-order valence-corrected chi connectivity index (χ3v) is 7.90. The molecule has 0 bridgehead atoms. The Kier molecular flexibility index (Phi) is 8.50. The molecule has 0 aliphatic carbocycles. The first-order valence-electron chi connectivity index (χ1n) is 4.28. The highest BCUT2D eigenvalue weighted by Crippen LogP contribution is 2.09. The van der Waals surface area contributed by atoms with Crippen LogP contribution in [0.1, 0.15) is 6.92 Å². The number of carbonyl (C=O) groups is 1. The minimum atomic E-state index is -2.76. The molecule has 0 aliphatic heterocycles. The molecule has 0 spiro atoms. The molecule has 0 aromatic heterocycles. The standard InChI is InChI=1S/C6H14O5Si4/c1-6(7)8-5-15(9-12-2,10-13-3)11-14-4/h5H2,1-4H3. The molecule has 6 radical (unpaired) electrons. The van der Waals surface area contributed by atoms with Crippen LogP contribution in [-0.2, 0) is 21.9 Å². The molecular formula is C6H14O5Si4. The topological polar surface area (TPSA) is 54.0 Å². The summed E-state index contributed by atoms with van der Waals surface area (Å²) >= 11 is 0. The Balaban J connectivity index is 4.37. The molecule has 0 amide bonds. The first kappa shape index (κ1) is 15.2. The van der Waals surface area contributed by atoms with Crippen LogP contribution in [0.15, 0.2) is 0 Å². The molecule has 0 atom stereocenters. The average Bonchev–Trinajstić information content (AvgIpc) is 2.16. The predicted octanol–water partition coefficient (Wildman–Crippen LogP) is 0.0793. The van der Waals surface area contributed by atoms with Crippen molar-refractivity contribution in [1.29, 1.82) is 0 Å². The third kappa shape index (κ3) is 6.39. The molecule has 0 saturated carbocycles. The summed E-state index contributed by atoms with van der Waals surface area (Å²) in [5.74, 6) is -0.346. The molecule has 84 valence electrons. The molecule has 0 aromatic rings. The molecule has 0 fully saturated rings. The van der Waals surface area contributed by atoms with E-state index < -0.39 is 8.80 Å². The summed E-state index contributed by atoms with van der Waals surface area (Å²) in [5, 5.41) is 0. The Bertz CT molecular complexity index is 173. The van der Waals surface area contributed by atoms with Gasteiger partial charge in [0.1, 0.15) is 0 Å². The number of esters is 1. The van der Waals surface area contributed by atoms with E-state index in [2.05, 4.69) is 0 Å². The molecule has 0 heterocycles. The number of rotatable bonds is 8. The van der Waals surface area contributed by atoms with Crippen LogP contribution >= 0.6 is 0 Å². The summed E-state index contributed by atoms with van der Waals surface area (Å²) in [4.78, 5) is 10.7. The molecule has 0 aliphatic rings. The van der Waals surface area contributed by atoms with Gasteiger partial charge in [-0.25, -0.2) is 0 Å². The smallest absolute Gasteiger partial charge is 0.461 e. The van der Waals surface area contributed by atoms with Crippen molar-refractivity contribution >= 4 is 44.1 Å². The number of ether oxygens (including phenoxy) is 1. The minimum Gasteiger partial charge on any atom is -0.461 e. The van der Waals surface area contributed by atoms with Gasteiger partial charge in [-0.3, -0.25) is 4.79 Å². The highest BCUT2D eigenvalue weighted by atomic mass is 28.5. The van der Waals surface area contributed by atoms with Crippen LogP contribution in [0.3, 0.4) is 0 Å². The largest absolute Gasteiger partial charge is 0.508 e. The van der Waals surface area contributed by atoms with Gasteiger partial charge in [-0.05, 0) is 19.6 Å². The van der Waals surface area contributed by atoms with E-state index in [4.69, 9.17) is 17.1 Å². The molecule has 0 saturated heterocycles. The van der Waals surface area contributed by atoms with E-state index in [1.165, 1.54) is 6.92 Å². The van der Waals surface area contributed by atoms with E-state index in [0.717, 1.165) is 0 Å². The van der Waals surface area contributed by atoms with E-state index in [1.54, 1.807) is 0 Å². The monoisotopic (exact) mass is 278 g/mol. The van der Waals surface area contributed by atoms with E-state index in [1.807, 2.05) is 19.6 Å². The van der Waals surface area contributed by atoms with Crippen LogP contribution in [0.4, 0.5) is 0 Å². The van der Waals surface area contributed by atoms with Gasteiger partial charge in [0.25, 0.3) is 0 Å². The van der Waals surface area contributed by atoms with Crippen LogP contribution in [-0.4, -0.2) is 50.3 Å². The highest BCUT2D eigenvalue weighted by molar-refractivity contribution is 6.73. The fourth-order valence-corrected chi connectivity index (χ4v) is 7.25. The normalized spacial score (nSPS) is 11.5. The van der Waals surface area contributed by atoms with Crippen molar-refractivity contribution in [2.45, 2.75) is 26.6 Å². The Morgan fingerprint density at radius 1 is 1.07 bits per heavy atom. The molecule has 0 unspecified atom stereocenters. The average molecular weight is 279 g/mol. The van der Waals surface area contributed by atoms with E-state index in [-0.39, 0.29) is 41.5 Å². The fourth-order valence-electron chi connectivity index (χ4n) is 0.807. The molecular weight excluding hydrogens is 264 g/mol. The molecule has 5 nitrogen and oxygen atoms in total. The molecule has 9 heteroatoms. The second kappa shape index (κ2) is 8.38. The Hall–Kier alpha value is 0.218. The lowest BCUT2D eigenvalue weighted by Gasteiger charge is -2.28. The van der Waals surface area contributed by atoms with Crippen molar-refractivity contribution in [3.63, 3.8) is 0 Å². The van der Waals surface area contributed by atoms with Crippen LogP contribution in [0.25, 0.3) is 0 Å². The van der Waals surface area contributed by atoms with Gasteiger partial charge in [-0.2, -0.15) is 0 Å². The van der Waals surface area contributed by atoms with Crippen molar-refractivity contribution in [3.8, 4) is 0 Å². The summed E-state index contributed by atoms with van der Waals surface area (Å²) in [7, 11) is -1.98. The second-order valence-corrected chi connectivity index (χ2v) is 7.71. The molecule has 15 heavy (non-hydrogen) atoms. The van der Waals surface area contributed by atoms with Crippen LogP contribution < -0.4 is 0 Å². The third-order valence-electron chi connectivity index (χ3n) is 1.22. The lowest BCUT2D eigenvalue weighted by Crippen LogP contribution is -2.52. The minimum absolute atomic E-state index is 0.102. The summed E-state index contributed by atoms with van der Waals surface area (Å²) in [6.45, 7) is 7.02. The molecule has 0 N–H and O–H groups in total. The van der Waals surface area contributed by atoms with Gasteiger partial charge < -0.3 is 17.1 Å². The summed E-state index contributed by atoms with van der Waals surface area (Å²) < 4.78 is 21.5. The van der Waals surface area contributed by atoms with Gasteiger partial charge in [0, 0.05) is 6.92 Å². The summed E-state index contributed by atoms with van der Waals surface area (Å²) in [6.07, 6.45) is 0.102. The second-order valence-electron chi connectivity index (χ2n) is 2.38. The zero-order valence-corrected chi connectivity index (χ0v) is 13.2. The van der Waals surface area contributed by atoms with Crippen molar-refractivity contribution in [3.05, 3.63) is 0 Å². The summed E-state index contributed by atoms with van der Waals surface area (Å²) in [5.41, 5.74) is 0. The van der Waals surface area contributed by atoms with Crippen molar-refractivity contribution in [2.24, 2.45) is 0 Å². The van der Waals surface area contributed by atoms with Crippen LogP contribution in [0, 0.1) is 0 Å². The quantitative estimate of drug-likeness (QED) is 0.465. The lowest BCUT2D eigenvalue weighted by atomic mass is 10.8. The zero-order valence-electron chi connectivity index (χ0n) is 9.25. The molecule has 0 rings (SSSR count). The Morgan fingerprint density at radius 3 is 1.73 bits per heavy atom. The van der Waals surface area contributed by atoms with E-state index in [9.17, 15) is 4.79 Å². The van der Waals surface area contributed by atoms with Crippen LogP contribution in [0.5, 0.6) is 0 Å².